The van der Waals surface area contributed by atoms with Gasteiger partial charge in [0.2, 0.25) is 17.8 Å². The number of carbonyl (C=O) groups is 1. The van der Waals surface area contributed by atoms with E-state index in [-0.39, 0.29) is 5.91 Å². The van der Waals surface area contributed by atoms with E-state index in [9.17, 15) is 4.79 Å². The molecule has 3 rings (SSSR count). The van der Waals surface area contributed by atoms with Gasteiger partial charge in [0.15, 0.2) is 0 Å². The van der Waals surface area contributed by atoms with Gasteiger partial charge in [-0.1, -0.05) is 56.1 Å². The summed E-state index contributed by atoms with van der Waals surface area (Å²) in [7, 11) is 0. The van der Waals surface area contributed by atoms with Crippen molar-refractivity contribution in [1.29, 1.82) is 0 Å². The molecule has 0 saturated heterocycles. The van der Waals surface area contributed by atoms with Crippen molar-refractivity contribution in [2.75, 3.05) is 10.6 Å². The highest BCUT2D eigenvalue weighted by molar-refractivity contribution is 9.10. The quantitative estimate of drug-likeness (QED) is 0.537. The predicted octanol–water partition coefficient (Wildman–Crippen LogP) is 4.69. The fourth-order valence-corrected chi connectivity index (χ4v) is 3.27. The first kappa shape index (κ1) is 18.6. The van der Waals surface area contributed by atoms with Gasteiger partial charge >= 0.3 is 0 Å². The lowest BCUT2D eigenvalue weighted by Gasteiger charge is -2.05. The van der Waals surface area contributed by atoms with E-state index < -0.39 is 0 Å². The molecule has 1 aromatic heterocycles. The Bertz CT molecular complexity index is 925. The van der Waals surface area contributed by atoms with E-state index in [1.807, 2.05) is 48.5 Å². The van der Waals surface area contributed by atoms with Gasteiger partial charge in [0.25, 0.3) is 0 Å². The highest BCUT2D eigenvalue weighted by atomic mass is 79.9. The predicted molar refractivity (Wildman–Crippen MR) is 109 cm³/mol. The normalized spacial score (nSPS) is 10.6. The lowest BCUT2D eigenvalue weighted by molar-refractivity contribution is 0.0924. The smallest absolute Gasteiger partial charge is 0.247 e. The van der Waals surface area contributed by atoms with Crippen LogP contribution in [0.3, 0.4) is 0 Å². The molecule has 0 aliphatic rings. The molecule has 1 heterocycles. The standard InChI is InChI=1S/C18H17Br2N5O/c1-12(26)25-18(22-11-14-5-3-7-16(20)9-14)23-17(24-25)21-10-13-4-2-6-15(19)8-13/h2-9H,10-11H2,1H3,(H2,21,22,23,24). The monoisotopic (exact) mass is 477 g/mol. The van der Waals surface area contributed by atoms with Crippen molar-refractivity contribution in [3.63, 3.8) is 0 Å². The van der Waals surface area contributed by atoms with Gasteiger partial charge in [0.1, 0.15) is 0 Å². The SMILES string of the molecule is CC(=O)n1nc(NCc2cccc(Br)c2)nc1NCc1cccc(Br)c1. The molecule has 3 aromatic rings. The lowest BCUT2D eigenvalue weighted by Crippen LogP contribution is -2.13. The Morgan fingerprint density at radius 2 is 1.58 bits per heavy atom. The summed E-state index contributed by atoms with van der Waals surface area (Å²) in [5, 5.41) is 10.6. The molecule has 0 radical (unpaired) electrons. The molecule has 8 heteroatoms. The van der Waals surface area contributed by atoms with Gasteiger partial charge in [-0.3, -0.25) is 4.79 Å². The van der Waals surface area contributed by atoms with Crippen molar-refractivity contribution in [3.8, 4) is 0 Å². The van der Waals surface area contributed by atoms with Gasteiger partial charge in [-0.05, 0) is 35.4 Å². The molecule has 0 spiro atoms. The second kappa shape index (κ2) is 8.46. The Balaban J connectivity index is 1.70. The fraction of sp³-hybridized carbons (Fsp3) is 0.167. The van der Waals surface area contributed by atoms with Crippen LogP contribution in [-0.4, -0.2) is 20.7 Å². The molecule has 0 bridgehead atoms. The highest BCUT2D eigenvalue weighted by Gasteiger charge is 2.13. The summed E-state index contributed by atoms with van der Waals surface area (Å²) in [6, 6.07) is 15.9. The molecular weight excluding hydrogens is 462 g/mol. The van der Waals surface area contributed by atoms with Gasteiger partial charge in [0.05, 0.1) is 0 Å². The average Bonchev–Trinajstić information content (AvgIpc) is 3.02. The van der Waals surface area contributed by atoms with Crippen LogP contribution in [-0.2, 0) is 13.1 Å². The van der Waals surface area contributed by atoms with Crippen LogP contribution in [0.2, 0.25) is 0 Å². The van der Waals surface area contributed by atoms with Crippen molar-refractivity contribution >= 4 is 49.7 Å². The summed E-state index contributed by atoms with van der Waals surface area (Å²) >= 11 is 6.90. The molecule has 0 saturated carbocycles. The number of rotatable bonds is 6. The van der Waals surface area contributed by atoms with E-state index in [0.717, 1.165) is 20.1 Å². The minimum atomic E-state index is -0.204. The van der Waals surface area contributed by atoms with Crippen molar-refractivity contribution in [2.24, 2.45) is 0 Å². The molecule has 134 valence electrons. The zero-order chi connectivity index (χ0) is 18.5. The summed E-state index contributed by atoms with van der Waals surface area (Å²) < 4.78 is 3.28. The molecule has 0 fully saturated rings. The number of nitrogens with one attached hydrogen (secondary N) is 2. The molecule has 2 N–H and O–H groups in total. The maximum Gasteiger partial charge on any atom is 0.247 e. The molecule has 0 atom stereocenters. The van der Waals surface area contributed by atoms with E-state index in [1.54, 1.807) is 0 Å². The molecule has 0 amide bonds. The van der Waals surface area contributed by atoms with Crippen LogP contribution in [0.15, 0.2) is 57.5 Å². The summed E-state index contributed by atoms with van der Waals surface area (Å²) in [6.07, 6.45) is 0. The van der Waals surface area contributed by atoms with Crippen molar-refractivity contribution in [1.82, 2.24) is 14.8 Å². The number of hydrogen-bond donors (Lipinski definition) is 2. The number of nitrogens with zero attached hydrogens (tertiary/aromatic N) is 3. The minimum absolute atomic E-state index is 0.204. The van der Waals surface area contributed by atoms with E-state index in [1.165, 1.54) is 11.6 Å². The first-order valence-electron chi connectivity index (χ1n) is 7.96. The fourth-order valence-electron chi connectivity index (χ4n) is 2.38. The van der Waals surface area contributed by atoms with Crippen LogP contribution in [0.5, 0.6) is 0 Å². The summed E-state index contributed by atoms with van der Waals surface area (Å²) in [6.45, 7) is 2.56. The van der Waals surface area contributed by atoms with Crippen LogP contribution >= 0.6 is 31.9 Å². The van der Waals surface area contributed by atoms with Gasteiger partial charge in [-0.25, -0.2) is 0 Å². The number of benzene rings is 2. The largest absolute Gasteiger partial charge is 0.350 e. The molecule has 0 aliphatic carbocycles. The zero-order valence-corrected chi connectivity index (χ0v) is 17.2. The van der Waals surface area contributed by atoms with E-state index >= 15 is 0 Å². The van der Waals surface area contributed by atoms with Gasteiger partial charge < -0.3 is 10.6 Å². The zero-order valence-electron chi connectivity index (χ0n) is 14.0. The summed E-state index contributed by atoms with van der Waals surface area (Å²) in [4.78, 5) is 16.2. The molecule has 6 nitrogen and oxygen atoms in total. The number of aromatic nitrogens is 3. The number of hydrogen-bond acceptors (Lipinski definition) is 5. The third-order valence-electron chi connectivity index (χ3n) is 3.58. The van der Waals surface area contributed by atoms with E-state index in [2.05, 4.69) is 52.6 Å². The maximum absolute atomic E-state index is 11.8. The number of anilines is 2. The maximum atomic E-state index is 11.8. The third-order valence-corrected chi connectivity index (χ3v) is 4.57. The summed E-state index contributed by atoms with van der Waals surface area (Å²) in [5.74, 6) is 0.607. The Hall–Kier alpha value is -2.19. The van der Waals surface area contributed by atoms with Crippen LogP contribution in [0.25, 0.3) is 0 Å². The first-order chi connectivity index (χ1) is 12.5. The Morgan fingerprint density at radius 1 is 1.00 bits per heavy atom. The van der Waals surface area contributed by atoms with Gasteiger partial charge in [0, 0.05) is 29.0 Å². The Labute approximate surface area is 168 Å². The van der Waals surface area contributed by atoms with Crippen LogP contribution in [0, 0.1) is 0 Å². The van der Waals surface area contributed by atoms with Crippen LogP contribution in [0.1, 0.15) is 22.8 Å². The average molecular weight is 479 g/mol. The highest BCUT2D eigenvalue weighted by Crippen LogP contribution is 2.16. The van der Waals surface area contributed by atoms with Crippen LogP contribution in [0.4, 0.5) is 11.9 Å². The Kier molecular flexibility index (Phi) is 6.05. The lowest BCUT2D eigenvalue weighted by atomic mass is 10.2. The number of halogens is 2. The molecule has 26 heavy (non-hydrogen) atoms. The Morgan fingerprint density at radius 3 is 2.12 bits per heavy atom. The molecule has 0 aliphatic heterocycles. The van der Waals surface area contributed by atoms with Gasteiger partial charge in [-0.15, -0.1) is 5.10 Å². The van der Waals surface area contributed by atoms with E-state index in [4.69, 9.17) is 0 Å². The molecule has 2 aromatic carbocycles. The molecule has 0 unspecified atom stereocenters. The second-order valence-corrected chi connectivity index (χ2v) is 7.49. The van der Waals surface area contributed by atoms with Crippen molar-refractivity contribution in [3.05, 3.63) is 68.6 Å². The minimum Gasteiger partial charge on any atom is -0.350 e. The van der Waals surface area contributed by atoms with E-state index in [0.29, 0.717) is 25.0 Å². The van der Waals surface area contributed by atoms with Crippen molar-refractivity contribution < 1.29 is 4.79 Å². The van der Waals surface area contributed by atoms with Crippen LogP contribution < -0.4 is 10.6 Å². The van der Waals surface area contributed by atoms with Gasteiger partial charge in [-0.2, -0.15) is 9.67 Å². The molecular formula is C18H17Br2N5O. The first-order valence-corrected chi connectivity index (χ1v) is 9.54. The number of carbonyl (C=O) groups excluding carboxylic acids is 1. The topological polar surface area (TPSA) is 71.8 Å². The third kappa shape index (κ3) is 4.92. The second-order valence-electron chi connectivity index (χ2n) is 5.66. The summed E-state index contributed by atoms with van der Waals surface area (Å²) in [5.41, 5.74) is 2.16. The van der Waals surface area contributed by atoms with Crippen molar-refractivity contribution in [2.45, 2.75) is 20.0 Å².